The quantitative estimate of drug-likeness (QED) is 0.454. The minimum atomic E-state index is -1.42. The Morgan fingerprint density at radius 2 is 1.89 bits per heavy atom. The van der Waals surface area contributed by atoms with Crippen LogP contribution in [0.3, 0.4) is 0 Å². The van der Waals surface area contributed by atoms with E-state index in [4.69, 9.17) is 9.47 Å². The molecule has 1 aromatic carbocycles. The number of rotatable bonds is 9. The number of nitrogens with zero attached hydrogens (tertiary/aromatic N) is 1. The molecule has 1 aromatic heterocycles. The number of ether oxygens (including phenoxy) is 2. The largest absolute Gasteiger partial charge is 0.481 e. The highest BCUT2D eigenvalue weighted by molar-refractivity contribution is 7.09. The van der Waals surface area contributed by atoms with Gasteiger partial charge in [-0.1, -0.05) is 32.0 Å². The average Bonchev–Trinajstić information content (AvgIpc) is 3.49. The van der Waals surface area contributed by atoms with Gasteiger partial charge in [0.15, 0.2) is 11.5 Å². The standard InChI is InChI=1S/C27H36N2O6S/c1-16(2)27(25(32)33)18(4)28-17(3)26(24(30)31,11-12-29(5)14-19-8-7-13-36-19)23(27)20-9-6-10-21-22(20)35-15-34-21/h6-10,13,16-18,23,28H,11-12,14-15H2,1-5H3,(H,30,31)(H,32,33). The van der Waals surface area contributed by atoms with Crippen molar-refractivity contribution in [3.05, 3.63) is 46.2 Å². The van der Waals surface area contributed by atoms with E-state index >= 15 is 0 Å². The van der Waals surface area contributed by atoms with Gasteiger partial charge in [-0.25, -0.2) is 0 Å². The molecule has 2 aliphatic rings. The summed E-state index contributed by atoms with van der Waals surface area (Å²) in [7, 11) is 1.97. The molecule has 3 N–H and O–H groups in total. The number of fused-ring (bicyclic) bond motifs is 1. The van der Waals surface area contributed by atoms with E-state index < -0.39 is 40.8 Å². The van der Waals surface area contributed by atoms with Gasteiger partial charge in [0.1, 0.15) is 0 Å². The number of benzene rings is 1. The van der Waals surface area contributed by atoms with Crippen molar-refractivity contribution in [2.75, 3.05) is 20.4 Å². The summed E-state index contributed by atoms with van der Waals surface area (Å²) >= 11 is 1.66. The van der Waals surface area contributed by atoms with Crippen molar-refractivity contribution >= 4 is 23.3 Å². The van der Waals surface area contributed by atoms with Crippen molar-refractivity contribution in [1.82, 2.24) is 10.2 Å². The van der Waals surface area contributed by atoms with Crippen LogP contribution < -0.4 is 14.8 Å². The smallest absolute Gasteiger partial charge is 0.312 e. The van der Waals surface area contributed by atoms with Gasteiger partial charge < -0.3 is 29.9 Å². The molecule has 3 heterocycles. The second-order valence-corrected chi connectivity index (χ2v) is 11.5. The third-order valence-corrected chi connectivity index (χ3v) is 9.22. The molecule has 5 unspecified atom stereocenters. The molecule has 4 rings (SSSR count). The van der Waals surface area contributed by atoms with Crippen molar-refractivity contribution in [3.8, 4) is 11.5 Å². The van der Waals surface area contributed by atoms with Crippen molar-refractivity contribution in [2.45, 2.75) is 58.7 Å². The lowest BCUT2D eigenvalue weighted by molar-refractivity contribution is -0.178. The van der Waals surface area contributed by atoms with Gasteiger partial charge in [-0.15, -0.1) is 11.3 Å². The summed E-state index contributed by atoms with van der Waals surface area (Å²) < 4.78 is 11.5. The van der Waals surface area contributed by atoms with E-state index in [-0.39, 0.29) is 19.1 Å². The maximum atomic E-state index is 13.4. The summed E-state index contributed by atoms with van der Waals surface area (Å²) in [6.07, 6.45) is 0.266. The Hall–Kier alpha value is -2.62. The number of hydrogen-bond acceptors (Lipinski definition) is 7. The number of nitrogens with one attached hydrogen (secondary N) is 1. The van der Waals surface area contributed by atoms with Crippen LogP contribution >= 0.6 is 11.3 Å². The van der Waals surface area contributed by atoms with Crippen LogP contribution in [-0.2, 0) is 16.1 Å². The monoisotopic (exact) mass is 516 g/mol. The first-order valence-corrected chi connectivity index (χ1v) is 13.3. The summed E-state index contributed by atoms with van der Waals surface area (Å²) in [5.74, 6) is -2.28. The van der Waals surface area contributed by atoms with E-state index in [1.807, 2.05) is 52.3 Å². The molecule has 0 spiro atoms. The summed E-state index contributed by atoms with van der Waals surface area (Å²) in [5, 5.41) is 27.2. The third-order valence-electron chi connectivity index (χ3n) is 8.36. The number of aliphatic carboxylic acids is 2. The van der Waals surface area contributed by atoms with Gasteiger partial charge in [0, 0.05) is 35.0 Å². The van der Waals surface area contributed by atoms with E-state index in [2.05, 4.69) is 16.3 Å². The predicted molar refractivity (Wildman–Crippen MR) is 138 cm³/mol. The highest BCUT2D eigenvalue weighted by Gasteiger charge is 2.68. The number of carboxylic acids is 2. The first-order valence-electron chi connectivity index (χ1n) is 12.4. The Morgan fingerprint density at radius 1 is 1.14 bits per heavy atom. The highest BCUT2D eigenvalue weighted by Crippen LogP contribution is 2.62. The Morgan fingerprint density at radius 3 is 2.50 bits per heavy atom. The summed E-state index contributed by atoms with van der Waals surface area (Å²) in [6, 6.07) is 8.47. The second kappa shape index (κ2) is 10.0. The molecule has 36 heavy (non-hydrogen) atoms. The zero-order valence-electron chi connectivity index (χ0n) is 21.5. The molecular formula is C27H36N2O6S. The lowest BCUT2D eigenvalue weighted by atomic mass is 9.47. The van der Waals surface area contributed by atoms with Crippen LogP contribution in [0.25, 0.3) is 0 Å². The Labute approximate surface area is 216 Å². The molecule has 0 bridgehead atoms. The van der Waals surface area contributed by atoms with E-state index in [9.17, 15) is 19.8 Å². The van der Waals surface area contributed by atoms with E-state index in [0.29, 0.717) is 30.2 Å². The fourth-order valence-corrected chi connectivity index (χ4v) is 7.38. The van der Waals surface area contributed by atoms with Crippen molar-refractivity contribution in [1.29, 1.82) is 0 Å². The third kappa shape index (κ3) is 4.07. The molecule has 0 amide bonds. The predicted octanol–water partition coefficient (Wildman–Crippen LogP) is 4.26. The van der Waals surface area contributed by atoms with Gasteiger partial charge in [0.05, 0.1) is 10.8 Å². The maximum Gasteiger partial charge on any atom is 0.312 e. The zero-order valence-corrected chi connectivity index (χ0v) is 22.3. The molecule has 2 aromatic rings. The van der Waals surface area contributed by atoms with Crippen LogP contribution in [-0.4, -0.2) is 59.5 Å². The zero-order chi connectivity index (χ0) is 26.3. The lowest BCUT2D eigenvalue weighted by Crippen LogP contribution is -2.71. The Kier molecular flexibility index (Phi) is 7.37. The van der Waals surface area contributed by atoms with Crippen LogP contribution in [0.2, 0.25) is 0 Å². The average molecular weight is 517 g/mol. The molecule has 0 saturated carbocycles. The van der Waals surface area contributed by atoms with Crippen molar-refractivity contribution in [2.24, 2.45) is 16.7 Å². The lowest BCUT2D eigenvalue weighted by Gasteiger charge is -2.59. The van der Waals surface area contributed by atoms with Gasteiger partial charge >= 0.3 is 11.9 Å². The minimum absolute atomic E-state index is 0.0216. The molecular weight excluding hydrogens is 480 g/mol. The van der Waals surface area contributed by atoms with Crippen molar-refractivity contribution < 1.29 is 29.3 Å². The van der Waals surface area contributed by atoms with Gasteiger partial charge in [0.25, 0.3) is 0 Å². The SMILES string of the molecule is CC1NC(C)C(C(=O)O)(C(C)C)C(c2cccc3c2OCO3)C1(CCN(C)Cc1cccs1)C(=O)O. The fourth-order valence-electron chi connectivity index (χ4n) is 6.59. The molecule has 5 atom stereocenters. The minimum Gasteiger partial charge on any atom is -0.481 e. The second-order valence-electron chi connectivity index (χ2n) is 10.4. The first kappa shape index (κ1) is 26.4. The van der Waals surface area contributed by atoms with E-state index in [0.717, 1.165) is 0 Å². The number of hydrogen-bond donors (Lipinski definition) is 3. The van der Waals surface area contributed by atoms with Crippen LogP contribution in [0.5, 0.6) is 11.5 Å². The Balaban J connectivity index is 1.89. The number of carbonyl (C=O) groups is 2. The molecule has 2 aliphatic heterocycles. The number of thiophene rings is 1. The van der Waals surface area contributed by atoms with Crippen LogP contribution in [0.15, 0.2) is 35.7 Å². The molecule has 1 saturated heterocycles. The number of para-hydroxylation sites is 1. The summed E-state index contributed by atoms with van der Waals surface area (Å²) in [5.41, 5.74) is -2.23. The molecule has 9 heteroatoms. The molecule has 0 aliphatic carbocycles. The van der Waals surface area contributed by atoms with E-state index in [1.54, 1.807) is 23.5 Å². The van der Waals surface area contributed by atoms with Crippen LogP contribution in [0, 0.1) is 16.7 Å². The topological polar surface area (TPSA) is 108 Å². The van der Waals surface area contributed by atoms with Gasteiger partial charge in [-0.05, 0) is 57.3 Å². The molecule has 8 nitrogen and oxygen atoms in total. The first-order chi connectivity index (χ1) is 17.1. The number of carboxylic acid groups (broad SMARTS) is 2. The van der Waals surface area contributed by atoms with Gasteiger partial charge in [-0.3, -0.25) is 9.59 Å². The van der Waals surface area contributed by atoms with Gasteiger partial charge in [-0.2, -0.15) is 0 Å². The maximum absolute atomic E-state index is 13.4. The molecule has 0 radical (unpaired) electrons. The van der Waals surface area contributed by atoms with E-state index in [1.165, 1.54) is 4.88 Å². The van der Waals surface area contributed by atoms with Crippen molar-refractivity contribution in [3.63, 3.8) is 0 Å². The normalized spacial score (nSPS) is 29.6. The summed E-state index contributed by atoms with van der Waals surface area (Å²) in [4.78, 5) is 30.0. The summed E-state index contributed by atoms with van der Waals surface area (Å²) in [6.45, 7) is 8.66. The van der Waals surface area contributed by atoms with Crippen LogP contribution in [0.1, 0.15) is 50.5 Å². The van der Waals surface area contributed by atoms with Gasteiger partial charge in [0.2, 0.25) is 6.79 Å². The highest BCUT2D eigenvalue weighted by atomic mass is 32.1. The fraction of sp³-hybridized carbons (Fsp3) is 0.556. The van der Waals surface area contributed by atoms with Crippen LogP contribution in [0.4, 0.5) is 0 Å². The molecule has 1 fully saturated rings. The Bertz CT molecular complexity index is 1110. The molecule has 196 valence electrons. The number of piperidine rings is 1.